The van der Waals surface area contributed by atoms with Gasteiger partial charge in [-0.1, -0.05) is 24.3 Å². The maximum Gasteiger partial charge on any atom is 0.248 e. The van der Waals surface area contributed by atoms with Crippen LogP contribution in [0.15, 0.2) is 42.5 Å². The predicted molar refractivity (Wildman–Crippen MR) is 77.8 cm³/mol. The van der Waals surface area contributed by atoms with Gasteiger partial charge in [0.05, 0.1) is 6.61 Å². The predicted octanol–water partition coefficient (Wildman–Crippen LogP) is 1.71. The molecule has 0 aliphatic rings. The van der Waals surface area contributed by atoms with Crippen molar-refractivity contribution in [1.29, 1.82) is 0 Å². The fraction of sp³-hybridized carbons (Fsp3) is 0.188. The smallest absolute Gasteiger partial charge is 0.248 e. The van der Waals surface area contributed by atoms with E-state index in [0.717, 1.165) is 11.1 Å². The molecule has 1 amide bonds. The summed E-state index contributed by atoms with van der Waals surface area (Å²) in [6.07, 6.45) is 0. The van der Waals surface area contributed by atoms with Crippen molar-refractivity contribution in [2.24, 2.45) is 5.73 Å². The number of amides is 1. The Kier molecular flexibility index (Phi) is 5.03. The fourth-order valence-corrected chi connectivity index (χ4v) is 1.97. The first-order valence-corrected chi connectivity index (χ1v) is 6.58. The molecule has 4 nitrogen and oxygen atoms in total. The maximum atomic E-state index is 13.6. The minimum absolute atomic E-state index is 0.0127. The van der Waals surface area contributed by atoms with Crippen LogP contribution in [0.5, 0.6) is 0 Å². The third-order valence-corrected chi connectivity index (χ3v) is 3.18. The standard InChI is InChI=1S/C16H17FN2O2/c17-15-6-5-13(16(18)21)7-14(15)9-19-8-11-1-3-12(10-20)4-2-11/h1-7,19-20H,8-10H2,(H2,18,21). The molecule has 0 saturated heterocycles. The van der Waals surface area contributed by atoms with E-state index in [2.05, 4.69) is 5.32 Å². The molecule has 0 fully saturated rings. The Labute approximate surface area is 122 Å². The minimum Gasteiger partial charge on any atom is -0.392 e. The molecule has 2 rings (SSSR count). The summed E-state index contributed by atoms with van der Waals surface area (Å²) >= 11 is 0. The van der Waals surface area contributed by atoms with Gasteiger partial charge in [0.1, 0.15) is 5.82 Å². The molecule has 0 atom stereocenters. The Balaban J connectivity index is 1.96. The first-order chi connectivity index (χ1) is 10.1. The van der Waals surface area contributed by atoms with Crippen LogP contribution in [0.25, 0.3) is 0 Å². The van der Waals surface area contributed by atoms with Crippen LogP contribution in [0, 0.1) is 5.82 Å². The van der Waals surface area contributed by atoms with Gasteiger partial charge in [0, 0.05) is 24.2 Å². The van der Waals surface area contributed by atoms with Crippen LogP contribution < -0.4 is 11.1 Å². The van der Waals surface area contributed by atoms with E-state index in [4.69, 9.17) is 10.8 Å². The van der Waals surface area contributed by atoms with E-state index in [0.29, 0.717) is 24.2 Å². The van der Waals surface area contributed by atoms with Gasteiger partial charge >= 0.3 is 0 Å². The van der Waals surface area contributed by atoms with Gasteiger partial charge in [0.2, 0.25) is 5.91 Å². The van der Waals surface area contributed by atoms with Crippen molar-refractivity contribution in [3.63, 3.8) is 0 Å². The molecule has 21 heavy (non-hydrogen) atoms. The molecule has 0 unspecified atom stereocenters. The molecular weight excluding hydrogens is 271 g/mol. The number of aliphatic hydroxyl groups excluding tert-OH is 1. The number of aliphatic hydroxyl groups is 1. The molecule has 110 valence electrons. The van der Waals surface area contributed by atoms with E-state index in [-0.39, 0.29) is 12.4 Å². The zero-order valence-corrected chi connectivity index (χ0v) is 11.5. The van der Waals surface area contributed by atoms with Gasteiger partial charge in [-0.3, -0.25) is 4.79 Å². The summed E-state index contributed by atoms with van der Waals surface area (Å²) in [5, 5.41) is 12.1. The zero-order valence-electron chi connectivity index (χ0n) is 11.5. The third-order valence-electron chi connectivity index (χ3n) is 3.18. The topological polar surface area (TPSA) is 75.4 Å². The SMILES string of the molecule is NC(=O)c1ccc(F)c(CNCc2ccc(CO)cc2)c1. The molecule has 0 aliphatic heterocycles. The van der Waals surface area contributed by atoms with E-state index in [1.165, 1.54) is 18.2 Å². The summed E-state index contributed by atoms with van der Waals surface area (Å²) in [7, 11) is 0. The van der Waals surface area contributed by atoms with E-state index < -0.39 is 5.91 Å². The van der Waals surface area contributed by atoms with Crippen molar-refractivity contribution in [2.45, 2.75) is 19.7 Å². The van der Waals surface area contributed by atoms with Gasteiger partial charge in [-0.25, -0.2) is 4.39 Å². The molecule has 0 aromatic heterocycles. The van der Waals surface area contributed by atoms with Crippen LogP contribution in [0.2, 0.25) is 0 Å². The van der Waals surface area contributed by atoms with Crippen molar-refractivity contribution in [3.05, 3.63) is 70.5 Å². The number of halogens is 1. The van der Waals surface area contributed by atoms with Crippen molar-refractivity contribution in [3.8, 4) is 0 Å². The first-order valence-electron chi connectivity index (χ1n) is 6.58. The monoisotopic (exact) mass is 288 g/mol. The van der Waals surface area contributed by atoms with Crippen molar-refractivity contribution in [1.82, 2.24) is 5.32 Å². The molecule has 0 aliphatic carbocycles. The highest BCUT2D eigenvalue weighted by atomic mass is 19.1. The van der Waals surface area contributed by atoms with Gasteiger partial charge in [0.25, 0.3) is 0 Å². The average Bonchev–Trinajstić information content (AvgIpc) is 2.49. The number of nitrogens with one attached hydrogen (secondary N) is 1. The molecular formula is C16H17FN2O2. The second kappa shape index (κ2) is 6.97. The van der Waals surface area contributed by atoms with Gasteiger partial charge < -0.3 is 16.2 Å². The Morgan fingerprint density at radius 2 is 1.76 bits per heavy atom. The molecule has 5 heteroatoms. The van der Waals surface area contributed by atoms with E-state index in [1.807, 2.05) is 24.3 Å². The summed E-state index contributed by atoms with van der Waals surface area (Å²) in [6, 6.07) is 11.5. The Hall–Kier alpha value is -2.24. The Morgan fingerprint density at radius 1 is 1.10 bits per heavy atom. The van der Waals surface area contributed by atoms with Crippen LogP contribution in [-0.2, 0) is 19.7 Å². The van der Waals surface area contributed by atoms with Gasteiger partial charge in [0.15, 0.2) is 0 Å². The van der Waals surface area contributed by atoms with Crippen molar-refractivity contribution < 1.29 is 14.3 Å². The first kappa shape index (κ1) is 15.2. The summed E-state index contributed by atoms with van der Waals surface area (Å²) in [6.45, 7) is 0.874. The highest BCUT2D eigenvalue weighted by molar-refractivity contribution is 5.92. The van der Waals surface area contributed by atoms with Crippen LogP contribution >= 0.6 is 0 Å². The number of hydrogen-bond donors (Lipinski definition) is 3. The van der Waals surface area contributed by atoms with Gasteiger partial charge in [-0.2, -0.15) is 0 Å². The summed E-state index contributed by atoms with van der Waals surface area (Å²) < 4.78 is 13.6. The number of nitrogens with two attached hydrogens (primary N) is 1. The number of rotatable bonds is 6. The van der Waals surface area contributed by atoms with E-state index in [9.17, 15) is 9.18 Å². The number of primary amides is 1. The fourth-order valence-electron chi connectivity index (χ4n) is 1.97. The lowest BCUT2D eigenvalue weighted by Gasteiger charge is -2.08. The summed E-state index contributed by atoms with van der Waals surface area (Å²) in [4.78, 5) is 11.1. The maximum absolute atomic E-state index is 13.6. The molecule has 2 aromatic carbocycles. The number of carbonyl (C=O) groups is 1. The lowest BCUT2D eigenvalue weighted by molar-refractivity contribution is 0.1000. The minimum atomic E-state index is -0.573. The lowest BCUT2D eigenvalue weighted by atomic mass is 10.1. The molecule has 4 N–H and O–H groups in total. The average molecular weight is 288 g/mol. The summed E-state index contributed by atoms with van der Waals surface area (Å²) in [5.74, 6) is -0.945. The van der Waals surface area contributed by atoms with Gasteiger partial charge in [-0.15, -0.1) is 0 Å². The molecule has 0 saturated carbocycles. The van der Waals surface area contributed by atoms with Gasteiger partial charge in [-0.05, 0) is 29.3 Å². The second-order valence-corrected chi connectivity index (χ2v) is 4.75. The summed E-state index contributed by atoms with van der Waals surface area (Å²) in [5.41, 5.74) is 7.74. The van der Waals surface area contributed by atoms with Crippen molar-refractivity contribution in [2.75, 3.05) is 0 Å². The molecule has 0 heterocycles. The van der Waals surface area contributed by atoms with Crippen LogP contribution in [0.3, 0.4) is 0 Å². The van der Waals surface area contributed by atoms with Crippen LogP contribution in [0.4, 0.5) is 4.39 Å². The molecule has 0 radical (unpaired) electrons. The van der Waals surface area contributed by atoms with Crippen molar-refractivity contribution >= 4 is 5.91 Å². The zero-order chi connectivity index (χ0) is 15.2. The van der Waals surface area contributed by atoms with E-state index in [1.54, 1.807) is 0 Å². The highest BCUT2D eigenvalue weighted by Gasteiger charge is 2.06. The molecule has 0 bridgehead atoms. The van der Waals surface area contributed by atoms with E-state index >= 15 is 0 Å². The highest BCUT2D eigenvalue weighted by Crippen LogP contribution is 2.11. The Bertz CT molecular complexity index is 627. The Morgan fingerprint density at radius 3 is 2.38 bits per heavy atom. The van der Waals surface area contributed by atoms with Crippen LogP contribution in [-0.4, -0.2) is 11.0 Å². The largest absolute Gasteiger partial charge is 0.392 e. The second-order valence-electron chi connectivity index (χ2n) is 4.75. The number of hydrogen-bond acceptors (Lipinski definition) is 3. The molecule has 2 aromatic rings. The quantitative estimate of drug-likeness (QED) is 0.757. The number of benzene rings is 2. The third kappa shape index (κ3) is 4.11. The molecule has 0 spiro atoms. The normalized spacial score (nSPS) is 10.6. The lowest BCUT2D eigenvalue weighted by Crippen LogP contribution is -2.16. The number of carbonyl (C=O) groups excluding carboxylic acids is 1. The van der Waals surface area contributed by atoms with Crippen LogP contribution in [0.1, 0.15) is 27.0 Å².